The van der Waals surface area contributed by atoms with E-state index in [-0.39, 0.29) is 11.6 Å². The number of rotatable bonds is 3. The van der Waals surface area contributed by atoms with E-state index < -0.39 is 11.6 Å². The van der Waals surface area contributed by atoms with Crippen LogP contribution in [0.5, 0.6) is 0 Å². The molecule has 3 aromatic rings. The molecule has 2 aliphatic carbocycles. The number of nitrogens with zero attached hydrogens (tertiary/aromatic N) is 6. The fourth-order valence-corrected chi connectivity index (χ4v) is 5.23. The summed E-state index contributed by atoms with van der Waals surface area (Å²) < 4.78 is 29.5. The van der Waals surface area contributed by atoms with Crippen molar-refractivity contribution in [3.8, 4) is 5.69 Å². The summed E-state index contributed by atoms with van der Waals surface area (Å²) in [7, 11) is 0. The van der Waals surface area contributed by atoms with Gasteiger partial charge in [-0.15, -0.1) is 0 Å². The fraction of sp³-hybridized carbons (Fsp3) is 0.417. The number of carbonyl (C=O) groups excluding carboxylic acids is 1. The van der Waals surface area contributed by atoms with Crippen molar-refractivity contribution in [1.82, 2.24) is 24.6 Å². The molecule has 170 valence electrons. The van der Waals surface area contributed by atoms with Crippen LogP contribution in [0.15, 0.2) is 24.3 Å². The Bertz CT molecular complexity index is 1260. The van der Waals surface area contributed by atoms with E-state index in [4.69, 9.17) is 0 Å². The van der Waals surface area contributed by atoms with Crippen LogP contribution >= 0.6 is 0 Å². The molecule has 9 heteroatoms. The smallest absolute Gasteiger partial charge is 0.274 e. The summed E-state index contributed by atoms with van der Waals surface area (Å²) >= 11 is 0. The van der Waals surface area contributed by atoms with Gasteiger partial charge in [-0.05, 0) is 50.8 Å². The van der Waals surface area contributed by atoms with Crippen LogP contribution in [0.4, 0.5) is 14.7 Å². The van der Waals surface area contributed by atoms with Crippen molar-refractivity contribution in [2.24, 2.45) is 5.92 Å². The summed E-state index contributed by atoms with van der Waals surface area (Å²) in [6, 6.07) is 5.42. The van der Waals surface area contributed by atoms with Crippen LogP contribution in [0.2, 0.25) is 0 Å². The van der Waals surface area contributed by atoms with Crippen molar-refractivity contribution in [2.45, 2.75) is 32.6 Å². The van der Waals surface area contributed by atoms with E-state index in [1.54, 1.807) is 4.90 Å². The third kappa shape index (κ3) is 3.37. The molecule has 7 nitrogen and oxygen atoms in total. The van der Waals surface area contributed by atoms with Gasteiger partial charge in [0.1, 0.15) is 11.5 Å². The van der Waals surface area contributed by atoms with Crippen LogP contribution in [-0.4, -0.2) is 56.7 Å². The number of hydrogen-bond acceptors (Lipinski definition) is 5. The second-order valence-electron chi connectivity index (χ2n) is 9.26. The van der Waals surface area contributed by atoms with Crippen molar-refractivity contribution < 1.29 is 13.6 Å². The molecule has 2 atom stereocenters. The van der Waals surface area contributed by atoms with E-state index in [0.29, 0.717) is 49.7 Å². The van der Waals surface area contributed by atoms with Crippen molar-refractivity contribution in [3.05, 3.63) is 64.2 Å². The van der Waals surface area contributed by atoms with Crippen LogP contribution in [0, 0.1) is 31.4 Å². The fourth-order valence-electron chi connectivity index (χ4n) is 5.23. The van der Waals surface area contributed by atoms with E-state index in [2.05, 4.69) is 20.0 Å². The van der Waals surface area contributed by atoms with E-state index in [1.807, 2.05) is 19.9 Å². The Labute approximate surface area is 190 Å². The standard InChI is InChI=1S/C24H24F2N6O/c1-13-9-14(2)28-24(27-13)31-7-5-30(6-8-31)23(33)21-18-11-15-10-17(15)22(18)32(29-21)20-4-3-16(25)12-19(20)26/h3-4,9,12,15,17H,5-8,10-11H2,1-2H3/t15-,17-/m1/s1. The third-order valence-electron chi connectivity index (χ3n) is 6.92. The lowest BCUT2D eigenvalue weighted by molar-refractivity contribution is 0.0738. The maximum Gasteiger partial charge on any atom is 0.274 e. The van der Waals surface area contributed by atoms with Crippen LogP contribution in [0.25, 0.3) is 5.69 Å². The Hall–Kier alpha value is -3.36. The lowest BCUT2D eigenvalue weighted by Crippen LogP contribution is -2.49. The lowest BCUT2D eigenvalue weighted by Gasteiger charge is -2.34. The molecule has 2 fully saturated rings. The van der Waals surface area contributed by atoms with Crippen molar-refractivity contribution in [3.63, 3.8) is 0 Å². The highest BCUT2D eigenvalue weighted by molar-refractivity contribution is 5.94. The maximum absolute atomic E-state index is 14.6. The highest BCUT2D eigenvalue weighted by Gasteiger charge is 2.50. The van der Waals surface area contributed by atoms with E-state index >= 15 is 0 Å². The highest BCUT2D eigenvalue weighted by atomic mass is 19.1. The van der Waals surface area contributed by atoms with Crippen LogP contribution in [0.1, 0.15) is 45.5 Å². The topological polar surface area (TPSA) is 67.2 Å². The Morgan fingerprint density at radius 3 is 2.45 bits per heavy atom. The molecule has 0 spiro atoms. The molecule has 2 aromatic heterocycles. The summed E-state index contributed by atoms with van der Waals surface area (Å²) in [5.74, 6) is 0.0538. The number of hydrogen-bond donors (Lipinski definition) is 0. The molecule has 1 amide bonds. The molecule has 1 saturated heterocycles. The normalized spacial score (nSPS) is 21.2. The van der Waals surface area contributed by atoms with Crippen molar-refractivity contribution >= 4 is 11.9 Å². The number of piperazine rings is 1. The average Bonchev–Trinajstić information content (AvgIpc) is 3.29. The minimum Gasteiger partial charge on any atom is -0.337 e. The summed E-state index contributed by atoms with van der Waals surface area (Å²) in [6.45, 7) is 6.24. The van der Waals surface area contributed by atoms with Gasteiger partial charge >= 0.3 is 0 Å². The molecule has 1 saturated carbocycles. The molecule has 1 aliphatic heterocycles. The molecule has 3 aliphatic rings. The molecule has 3 heterocycles. The first-order chi connectivity index (χ1) is 15.9. The van der Waals surface area contributed by atoms with Gasteiger partial charge < -0.3 is 9.80 Å². The Balaban J connectivity index is 1.26. The minimum atomic E-state index is -0.675. The predicted molar refractivity (Wildman–Crippen MR) is 118 cm³/mol. The van der Waals surface area contributed by atoms with Gasteiger partial charge in [-0.3, -0.25) is 4.79 Å². The number of benzene rings is 1. The minimum absolute atomic E-state index is 0.130. The molecular weight excluding hydrogens is 426 g/mol. The SMILES string of the molecule is Cc1cc(C)nc(N2CCN(C(=O)c3nn(-c4ccc(F)cc4F)c4c3C[C@H]3C[C@@H]43)CC2)n1. The van der Waals surface area contributed by atoms with Gasteiger partial charge in [-0.1, -0.05) is 0 Å². The molecule has 33 heavy (non-hydrogen) atoms. The molecule has 0 bridgehead atoms. The monoisotopic (exact) mass is 450 g/mol. The van der Waals surface area contributed by atoms with Crippen LogP contribution in [-0.2, 0) is 6.42 Å². The molecule has 0 N–H and O–H groups in total. The number of amides is 1. The highest BCUT2D eigenvalue weighted by Crippen LogP contribution is 2.57. The maximum atomic E-state index is 14.6. The predicted octanol–water partition coefficient (Wildman–Crippen LogP) is 3.18. The second kappa shape index (κ2) is 7.33. The van der Waals surface area contributed by atoms with Crippen molar-refractivity contribution in [1.29, 1.82) is 0 Å². The van der Waals surface area contributed by atoms with Gasteiger partial charge in [-0.25, -0.2) is 23.4 Å². The summed E-state index contributed by atoms with van der Waals surface area (Å²) in [5, 5.41) is 4.57. The number of carbonyl (C=O) groups is 1. The van der Waals surface area contributed by atoms with Crippen LogP contribution < -0.4 is 4.90 Å². The summed E-state index contributed by atoms with van der Waals surface area (Å²) in [4.78, 5) is 26.4. The van der Waals surface area contributed by atoms with Gasteiger partial charge in [0.2, 0.25) is 5.95 Å². The van der Waals surface area contributed by atoms with Crippen LogP contribution in [0.3, 0.4) is 0 Å². The van der Waals surface area contributed by atoms with E-state index in [1.165, 1.54) is 16.8 Å². The Morgan fingerprint density at radius 2 is 1.76 bits per heavy atom. The van der Waals surface area contributed by atoms with Gasteiger partial charge in [0.25, 0.3) is 5.91 Å². The largest absolute Gasteiger partial charge is 0.337 e. The Morgan fingerprint density at radius 1 is 1.03 bits per heavy atom. The quantitative estimate of drug-likeness (QED) is 0.613. The number of fused-ring (bicyclic) bond motifs is 3. The molecule has 6 rings (SSSR count). The van der Waals surface area contributed by atoms with E-state index in [9.17, 15) is 13.6 Å². The summed E-state index contributed by atoms with van der Waals surface area (Å²) in [6.07, 6.45) is 1.82. The zero-order valence-corrected chi connectivity index (χ0v) is 18.6. The molecule has 0 unspecified atom stereocenters. The van der Waals surface area contributed by atoms with Gasteiger partial charge in [0.15, 0.2) is 11.5 Å². The average molecular weight is 450 g/mol. The zero-order chi connectivity index (χ0) is 22.9. The van der Waals surface area contributed by atoms with Gasteiger partial charge in [0.05, 0.1) is 5.69 Å². The first kappa shape index (κ1) is 20.3. The van der Waals surface area contributed by atoms with Gasteiger partial charge in [0, 0.05) is 55.1 Å². The number of aromatic nitrogens is 4. The number of aryl methyl sites for hydroxylation is 2. The van der Waals surface area contributed by atoms with Crippen molar-refractivity contribution in [2.75, 3.05) is 31.1 Å². The molecular formula is C24H24F2N6O. The number of halogens is 2. The molecule has 1 aromatic carbocycles. The summed E-state index contributed by atoms with van der Waals surface area (Å²) in [5.41, 5.74) is 4.27. The zero-order valence-electron chi connectivity index (χ0n) is 18.6. The Kier molecular flexibility index (Phi) is 4.50. The first-order valence-electron chi connectivity index (χ1n) is 11.3. The van der Waals surface area contributed by atoms with E-state index in [0.717, 1.165) is 41.6 Å². The molecule has 0 radical (unpaired) electrons. The number of anilines is 1. The lowest BCUT2D eigenvalue weighted by atomic mass is 10.1. The second-order valence-corrected chi connectivity index (χ2v) is 9.26. The third-order valence-corrected chi connectivity index (χ3v) is 6.92. The van der Waals surface area contributed by atoms with Gasteiger partial charge in [-0.2, -0.15) is 5.10 Å². The first-order valence-corrected chi connectivity index (χ1v) is 11.3.